The van der Waals surface area contributed by atoms with Gasteiger partial charge in [0.2, 0.25) is 5.91 Å². The van der Waals surface area contributed by atoms with Gasteiger partial charge in [-0.15, -0.1) is 0 Å². The van der Waals surface area contributed by atoms with E-state index in [1.165, 1.54) is 11.1 Å². The summed E-state index contributed by atoms with van der Waals surface area (Å²) < 4.78 is 0. The van der Waals surface area contributed by atoms with Gasteiger partial charge >= 0.3 is 0 Å². The summed E-state index contributed by atoms with van der Waals surface area (Å²) in [5.41, 5.74) is 8.15. The molecule has 4 heteroatoms. The molecule has 3 rings (SSSR count). The van der Waals surface area contributed by atoms with E-state index in [0.717, 1.165) is 13.0 Å². The normalized spacial score (nSPS) is 19.2. The van der Waals surface area contributed by atoms with Crippen LogP contribution in [0.25, 0.3) is 0 Å². The van der Waals surface area contributed by atoms with Crippen LogP contribution in [0.4, 0.5) is 0 Å². The molecule has 1 unspecified atom stereocenters. The largest absolute Gasteiger partial charge is 0.339 e. The van der Waals surface area contributed by atoms with Crippen LogP contribution in [0.2, 0.25) is 0 Å². The molecule has 0 radical (unpaired) electrons. The molecule has 4 nitrogen and oxygen atoms in total. The van der Waals surface area contributed by atoms with Gasteiger partial charge in [-0.05, 0) is 24.5 Å². The number of carbonyl (C=O) groups excluding carboxylic acids is 1. The summed E-state index contributed by atoms with van der Waals surface area (Å²) in [6.07, 6.45) is 0.994. The summed E-state index contributed by atoms with van der Waals surface area (Å²) in [7, 11) is 0. The zero-order valence-corrected chi connectivity index (χ0v) is 13.4. The summed E-state index contributed by atoms with van der Waals surface area (Å²) in [5.74, 6) is -0.0976. The lowest BCUT2D eigenvalue weighted by atomic mass is 9.93. The van der Waals surface area contributed by atoms with Gasteiger partial charge < -0.3 is 11.1 Å². The zero-order valence-electron chi connectivity index (χ0n) is 13.4. The number of nitrogens with zero attached hydrogens (tertiary/aromatic N) is 1. The van der Waals surface area contributed by atoms with Crippen molar-refractivity contribution in [2.75, 3.05) is 6.54 Å². The second-order valence-electron chi connectivity index (χ2n) is 6.06. The first-order valence-electron chi connectivity index (χ1n) is 8.08. The van der Waals surface area contributed by atoms with Gasteiger partial charge in [-0.1, -0.05) is 60.7 Å². The second-order valence-corrected chi connectivity index (χ2v) is 6.06. The Morgan fingerprint density at radius 3 is 2.00 bits per heavy atom. The smallest absolute Gasteiger partial charge is 0.237 e. The van der Waals surface area contributed by atoms with Crippen molar-refractivity contribution >= 4 is 5.91 Å². The molecular weight excluding hydrogens is 286 g/mol. The molecule has 0 spiro atoms. The average molecular weight is 309 g/mol. The quantitative estimate of drug-likeness (QED) is 0.891. The van der Waals surface area contributed by atoms with Gasteiger partial charge in [-0.2, -0.15) is 0 Å². The fourth-order valence-corrected chi connectivity index (χ4v) is 3.01. The lowest BCUT2D eigenvalue weighted by molar-refractivity contribution is -0.126. The zero-order chi connectivity index (χ0) is 16.2. The van der Waals surface area contributed by atoms with E-state index in [1.54, 1.807) is 6.92 Å². The van der Waals surface area contributed by atoms with E-state index in [9.17, 15) is 4.79 Å². The van der Waals surface area contributed by atoms with Gasteiger partial charge in [0.05, 0.1) is 18.2 Å². The van der Waals surface area contributed by atoms with Crippen molar-refractivity contribution in [2.45, 2.75) is 31.6 Å². The molecule has 1 saturated heterocycles. The highest BCUT2D eigenvalue weighted by atomic mass is 16.2. The molecule has 2 aromatic carbocycles. The Labute approximate surface area is 137 Å². The lowest BCUT2D eigenvalue weighted by Gasteiger charge is -2.46. The topological polar surface area (TPSA) is 58.4 Å². The van der Waals surface area contributed by atoms with Crippen molar-refractivity contribution in [2.24, 2.45) is 5.73 Å². The summed E-state index contributed by atoms with van der Waals surface area (Å²) in [5, 5.41) is 3.05. The summed E-state index contributed by atoms with van der Waals surface area (Å²) >= 11 is 0. The molecule has 0 aliphatic carbocycles. The predicted molar refractivity (Wildman–Crippen MR) is 91.6 cm³/mol. The van der Waals surface area contributed by atoms with Crippen LogP contribution >= 0.6 is 0 Å². The Balaban J connectivity index is 1.86. The monoisotopic (exact) mass is 309 g/mol. The predicted octanol–water partition coefficient (Wildman–Crippen LogP) is 2.27. The van der Waals surface area contributed by atoms with E-state index >= 15 is 0 Å². The summed E-state index contributed by atoms with van der Waals surface area (Å²) in [4.78, 5) is 14.2. The maximum atomic E-state index is 11.9. The molecule has 2 aromatic rings. The molecular formula is C19H23N3O. The van der Waals surface area contributed by atoms with Crippen LogP contribution in [0.5, 0.6) is 0 Å². The minimum atomic E-state index is -0.482. The first-order valence-corrected chi connectivity index (χ1v) is 8.08. The minimum absolute atomic E-state index is 0.0407. The van der Waals surface area contributed by atoms with Gasteiger partial charge in [-0.3, -0.25) is 9.69 Å². The number of nitrogens with one attached hydrogen (secondary N) is 1. The second kappa shape index (κ2) is 6.94. The number of carbonyl (C=O) groups is 1. The molecule has 120 valence electrons. The van der Waals surface area contributed by atoms with E-state index in [-0.39, 0.29) is 18.1 Å². The van der Waals surface area contributed by atoms with Crippen LogP contribution in [0.15, 0.2) is 60.7 Å². The molecule has 2 atom stereocenters. The average Bonchev–Trinajstić information content (AvgIpc) is 2.57. The van der Waals surface area contributed by atoms with Crippen LogP contribution in [-0.2, 0) is 4.79 Å². The molecule has 0 aromatic heterocycles. The van der Waals surface area contributed by atoms with Crippen LogP contribution in [-0.4, -0.2) is 29.6 Å². The van der Waals surface area contributed by atoms with Gasteiger partial charge in [0.15, 0.2) is 0 Å². The first kappa shape index (κ1) is 15.7. The third-order valence-corrected chi connectivity index (χ3v) is 4.35. The van der Waals surface area contributed by atoms with E-state index < -0.39 is 6.04 Å². The molecule has 23 heavy (non-hydrogen) atoms. The fraction of sp³-hybridized carbons (Fsp3) is 0.316. The number of likely N-dealkylation sites (tertiary alicyclic amines) is 1. The Morgan fingerprint density at radius 2 is 1.61 bits per heavy atom. The molecule has 1 fully saturated rings. The highest BCUT2D eigenvalue weighted by Crippen LogP contribution is 2.34. The van der Waals surface area contributed by atoms with Gasteiger partial charge in [0, 0.05) is 6.54 Å². The van der Waals surface area contributed by atoms with Crippen molar-refractivity contribution in [1.29, 1.82) is 0 Å². The Morgan fingerprint density at radius 1 is 1.09 bits per heavy atom. The molecule has 3 N–H and O–H groups in total. The molecule has 1 amide bonds. The number of nitrogens with two attached hydrogens (primary N) is 1. The number of rotatable bonds is 5. The Hall–Kier alpha value is -2.17. The van der Waals surface area contributed by atoms with Crippen molar-refractivity contribution in [1.82, 2.24) is 10.2 Å². The van der Waals surface area contributed by atoms with Crippen LogP contribution in [0.3, 0.4) is 0 Å². The van der Waals surface area contributed by atoms with Crippen molar-refractivity contribution < 1.29 is 4.79 Å². The molecule has 0 saturated carbocycles. The standard InChI is InChI=1S/C19H23N3O/c1-14(20)19(23)21-17-12-13-22(17)18(15-8-4-2-5-9-15)16-10-6-3-7-11-16/h2-11,14,17-18H,12-13,20H2,1H3,(H,21,23)/t14-,17?/m1/s1. The number of benzene rings is 2. The molecule has 1 aliphatic rings. The lowest BCUT2D eigenvalue weighted by Crippen LogP contribution is -2.60. The van der Waals surface area contributed by atoms with Crippen LogP contribution < -0.4 is 11.1 Å². The van der Waals surface area contributed by atoms with Crippen molar-refractivity contribution in [3.05, 3.63) is 71.8 Å². The van der Waals surface area contributed by atoms with E-state index in [2.05, 4.69) is 58.7 Å². The number of hydrogen-bond donors (Lipinski definition) is 2. The fourth-order valence-electron chi connectivity index (χ4n) is 3.01. The van der Waals surface area contributed by atoms with Crippen molar-refractivity contribution in [3.63, 3.8) is 0 Å². The summed E-state index contributed by atoms with van der Waals surface area (Å²) in [6.45, 7) is 2.67. The summed E-state index contributed by atoms with van der Waals surface area (Å²) in [6, 6.07) is 20.5. The van der Waals surface area contributed by atoms with Crippen molar-refractivity contribution in [3.8, 4) is 0 Å². The third-order valence-electron chi connectivity index (χ3n) is 4.35. The van der Waals surface area contributed by atoms with E-state index in [0.29, 0.717) is 0 Å². The molecule has 0 bridgehead atoms. The Bertz CT molecular complexity index is 603. The SMILES string of the molecule is C[C@@H](N)C(=O)NC1CCN1C(c1ccccc1)c1ccccc1. The molecule has 1 aliphatic heterocycles. The molecule has 1 heterocycles. The van der Waals surface area contributed by atoms with Gasteiger partial charge in [-0.25, -0.2) is 0 Å². The highest BCUT2D eigenvalue weighted by molar-refractivity contribution is 5.81. The Kier molecular flexibility index (Phi) is 4.74. The van der Waals surface area contributed by atoms with Gasteiger partial charge in [0.1, 0.15) is 0 Å². The maximum absolute atomic E-state index is 11.9. The van der Waals surface area contributed by atoms with Crippen LogP contribution in [0.1, 0.15) is 30.5 Å². The first-order chi connectivity index (χ1) is 11.2. The third kappa shape index (κ3) is 3.44. The van der Waals surface area contributed by atoms with Crippen LogP contribution in [0, 0.1) is 0 Å². The van der Waals surface area contributed by atoms with E-state index in [4.69, 9.17) is 5.73 Å². The minimum Gasteiger partial charge on any atom is -0.339 e. The van der Waals surface area contributed by atoms with E-state index in [1.807, 2.05) is 12.1 Å². The highest BCUT2D eigenvalue weighted by Gasteiger charge is 2.36. The van der Waals surface area contributed by atoms with Gasteiger partial charge in [0.25, 0.3) is 0 Å². The number of amides is 1. The maximum Gasteiger partial charge on any atom is 0.237 e. The number of hydrogen-bond acceptors (Lipinski definition) is 3.